The molecule has 0 heterocycles. The van der Waals surface area contributed by atoms with E-state index >= 15 is 0 Å². The van der Waals surface area contributed by atoms with Crippen LogP contribution in [0.2, 0.25) is 0 Å². The molecule has 0 aliphatic heterocycles. The molecule has 0 aromatic rings. The van der Waals surface area contributed by atoms with Crippen LogP contribution in [-0.2, 0) is 4.74 Å². The average Bonchev–Trinajstić information content (AvgIpc) is 1.77. The molecular formula is C10H20O. The van der Waals surface area contributed by atoms with Gasteiger partial charge in [0.15, 0.2) is 0 Å². The van der Waals surface area contributed by atoms with Crippen LogP contribution in [0.1, 0.15) is 46.5 Å². The van der Waals surface area contributed by atoms with Crippen molar-refractivity contribution < 1.29 is 4.74 Å². The first kappa shape index (κ1) is 9.05. The lowest BCUT2D eigenvalue weighted by atomic mass is 9.70. The Morgan fingerprint density at radius 2 is 1.82 bits per heavy atom. The van der Waals surface area contributed by atoms with E-state index in [1.54, 1.807) is 0 Å². The summed E-state index contributed by atoms with van der Waals surface area (Å²) in [5.41, 5.74) is 0.661. The third kappa shape index (κ3) is 2.19. The van der Waals surface area contributed by atoms with Gasteiger partial charge in [-0.1, -0.05) is 20.8 Å². The molecule has 1 aliphatic carbocycles. The quantitative estimate of drug-likeness (QED) is 0.597. The van der Waals surface area contributed by atoms with Gasteiger partial charge in [0, 0.05) is 7.11 Å². The summed E-state index contributed by atoms with van der Waals surface area (Å²) in [7, 11) is 1.85. The molecule has 0 aromatic heterocycles. The lowest BCUT2D eigenvalue weighted by Crippen LogP contribution is -2.42. The van der Waals surface area contributed by atoms with E-state index in [9.17, 15) is 0 Å². The van der Waals surface area contributed by atoms with Crippen molar-refractivity contribution in [2.45, 2.75) is 52.1 Å². The predicted molar refractivity (Wildman–Crippen MR) is 47.7 cm³/mol. The highest BCUT2D eigenvalue weighted by Crippen LogP contribution is 2.43. The monoisotopic (exact) mass is 156 g/mol. The van der Waals surface area contributed by atoms with Gasteiger partial charge in [-0.15, -0.1) is 0 Å². The Morgan fingerprint density at radius 1 is 1.27 bits per heavy atom. The van der Waals surface area contributed by atoms with Crippen molar-refractivity contribution in [1.82, 2.24) is 0 Å². The minimum absolute atomic E-state index is 0.248. The highest BCUT2D eigenvalue weighted by Gasteiger charge is 2.39. The van der Waals surface area contributed by atoms with Crippen LogP contribution in [0, 0.1) is 5.41 Å². The predicted octanol–water partition coefficient (Wildman–Crippen LogP) is 2.99. The number of hydrogen-bond acceptors (Lipinski definition) is 1. The van der Waals surface area contributed by atoms with Crippen molar-refractivity contribution in [3.8, 4) is 0 Å². The molecule has 0 aromatic carbocycles. The molecule has 0 atom stereocenters. The van der Waals surface area contributed by atoms with Crippen molar-refractivity contribution in [2.75, 3.05) is 7.11 Å². The summed E-state index contributed by atoms with van der Waals surface area (Å²) in [4.78, 5) is 0. The number of hydrogen-bond donors (Lipinski definition) is 0. The second kappa shape index (κ2) is 2.78. The number of ether oxygens (including phenoxy) is 1. The Kier molecular flexibility index (Phi) is 2.29. The third-order valence-corrected chi connectivity index (χ3v) is 2.55. The van der Waals surface area contributed by atoms with Crippen LogP contribution in [0.5, 0.6) is 0 Å². The lowest BCUT2D eigenvalue weighted by molar-refractivity contribution is -0.0959. The molecule has 1 fully saturated rings. The Morgan fingerprint density at radius 3 is 1.91 bits per heavy atom. The summed E-state index contributed by atoms with van der Waals surface area (Å²) in [5, 5.41) is 0. The Labute approximate surface area is 70.1 Å². The second-order valence-electron chi connectivity index (χ2n) is 4.98. The Hall–Kier alpha value is -0.0400. The van der Waals surface area contributed by atoms with Gasteiger partial charge in [-0.2, -0.15) is 0 Å². The van der Waals surface area contributed by atoms with Gasteiger partial charge in [0.05, 0.1) is 5.60 Å². The fourth-order valence-corrected chi connectivity index (χ4v) is 1.99. The zero-order chi connectivity index (χ0) is 8.54. The first-order valence-corrected chi connectivity index (χ1v) is 4.53. The van der Waals surface area contributed by atoms with Crippen molar-refractivity contribution >= 4 is 0 Å². The van der Waals surface area contributed by atoms with Crippen molar-refractivity contribution in [3.63, 3.8) is 0 Å². The maximum Gasteiger partial charge on any atom is 0.0683 e. The van der Waals surface area contributed by atoms with E-state index in [0.29, 0.717) is 5.41 Å². The highest BCUT2D eigenvalue weighted by molar-refractivity contribution is 4.92. The molecule has 0 spiro atoms. The molecular weight excluding hydrogens is 136 g/mol. The largest absolute Gasteiger partial charge is 0.378 e. The van der Waals surface area contributed by atoms with Crippen molar-refractivity contribution in [2.24, 2.45) is 5.41 Å². The molecule has 1 rings (SSSR count). The molecule has 0 unspecified atom stereocenters. The molecule has 0 bridgehead atoms. The van der Waals surface area contributed by atoms with E-state index in [1.165, 1.54) is 25.7 Å². The standard InChI is InChI=1S/C10H20O/c1-9(2,3)8-10(11-4)6-5-7-10/h5-8H2,1-4H3. The van der Waals surface area contributed by atoms with Gasteiger partial charge >= 0.3 is 0 Å². The first-order chi connectivity index (χ1) is 4.97. The van der Waals surface area contributed by atoms with Gasteiger partial charge in [0.25, 0.3) is 0 Å². The van der Waals surface area contributed by atoms with E-state index in [2.05, 4.69) is 20.8 Å². The molecule has 66 valence electrons. The molecule has 0 amide bonds. The van der Waals surface area contributed by atoms with Gasteiger partial charge in [-0.05, 0) is 31.1 Å². The summed E-state index contributed by atoms with van der Waals surface area (Å²) < 4.78 is 5.55. The summed E-state index contributed by atoms with van der Waals surface area (Å²) in [6.45, 7) is 6.85. The van der Waals surface area contributed by atoms with Crippen LogP contribution < -0.4 is 0 Å². The molecule has 1 heteroatoms. The first-order valence-electron chi connectivity index (χ1n) is 4.53. The van der Waals surface area contributed by atoms with Gasteiger partial charge < -0.3 is 4.74 Å². The maximum atomic E-state index is 5.55. The number of methoxy groups -OCH3 is 1. The SMILES string of the molecule is COC1(CC(C)(C)C)CCC1. The Bertz CT molecular complexity index is 123. The van der Waals surface area contributed by atoms with E-state index in [-0.39, 0.29) is 5.60 Å². The molecule has 1 saturated carbocycles. The maximum absolute atomic E-state index is 5.55. The van der Waals surface area contributed by atoms with E-state index in [0.717, 1.165) is 0 Å². The minimum atomic E-state index is 0.248. The zero-order valence-corrected chi connectivity index (χ0v) is 8.24. The molecule has 0 radical (unpaired) electrons. The highest BCUT2D eigenvalue weighted by atomic mass is 16.5. The summed E-state index contributed by atoms with van der Waals surface area (Å²) in [6, 6.07) is 0. The van der Waals surface area contributed by atoms with Crippen LogP contribution in [0.25, 0.3) is 0 Å². The lowest BCUT2D eigenvalue weighted by Gasteiger charge is -2.44. The molecule has 0 saturated heterocycles. The van der Waals surface area contributed by atoms with Crippen molar-refractivity contribution in [1.29, 1.82) is 0 Å². The van der Waals surface area contributed by atoms with Gasteiger partial charge in [0.1, 0.15) is 0 Å². The van der Waals surface area contributed by atoms with Gasteiger partial charge in [-0.25, -0.2) is 0 Å². The van der Waals surface area contributed by atoms with Crippen LogP contribution in [0.4, 0.5) is 0 Å². The smallest absolute Gasteiger partial charge is 0.0683 e. The molecule has 1 nitrogen and oxygen atoms in total. The molecule has 1 aliphatic rings. The summed E-state index contributed by atoms with van der Waals surface area (Å²) in [5.74, 6) is 0. The normalized spacial score (nSPS) is 22.9. The summed E-state index contributed by atoms with van der Waals surface area (Å²) in [6.07, 6.45) is 5.09. The fraction of sp³-hybridized carbons (Fsp3) is 1.00. The van der Waals surface area contributed by atoms with Crippen molar-refractivity contribution in [3.05, 3.63) is 0 Å². The van der Waals surface area contributed by atoms with Gasteiger partial charge in [0.2, 0.25) is 0 Å². The molecule has 11 heavy (non-hydrogen) atoms. The number of rotatable bonds is 2. The second-order valence-corrected chi connectivity index (χ2v) is 4.98. The molecule has 0 N–H and O–H groups in total. The van der Waals surface area contributed by atoms with E-state index in [1.807, 2.05) is 7.11 Å². The van der Waals surface area contributed by atoms with Crippen LogP contribution in [0.3, 0.4) is 0 Å². The van der Waals surface area contributed by atoms with E-state index in [4.69, 9.17) is 4.74 Å². The topological polar surface area (TPSA) is 9.23 Å². The van der Waals surface area contributed by atoms with Gasteiger partial charge in [-0.3, -0.25) is 0 Å². The van der Waals surface area contributed by atoms with E-state index < -0.39 is 0 Å². The fourth-order valence-electron chi connectivity index (χ4n) is 1.99. The third-order valence-electron chi connectivity index (χ3n) is 2.55. The minimum Gasteiger partial charge on any atom is -0.378 e. The Balaban J connectivity index is 2.45. The summed E-state index contributed by atoms with van der Waals surface area (Å²) >= 11 is 0. The van der Waals surface area contributed by atoms with Crippen LogP contribution >= 0.6 is 0 Å². The van der Waals surface area contributed by atoms with Crippen LogP contribution in [0.15, 0.2) is 0 Å². The zero-order valence-electron chi connectivity index (χ0n) is 8.24. The average molecular weight is 156 g/mol. The van der Waals surface area contributed by atoms with Crippen LogP contribution in [-0.4, -0.2) is 12.7 Å².